The van der Waals surface area contributed by atoms with Gasteiger partial charge in [-0.15, -0.1) is 11.8 Å². The van der Waals surface area contributed by atoms with Crippen molar-refractivity contribution in [2.24, 2.45) is 0 Å². The van der Waals surface area contributed by atoms with Gasteiger partial charge in [0.25, 0.3) is 0 Å². The molecule has 40 valence electrons. The van der Waals surface area contributed by atoms with E-state index in [1.54, 1.807) is 11.8 Å². The van der Waals surface area contributed by atoms with Crippen LogP contribution in [0.3, 0.4) is 0 Å². The molecule has 0 saturated heterocycles. The molecule has 0 fully saturated rings. The molecule has 0 aliphatic carbocycles. The normalized spacial score (nSPS) is 11.7. The zero-order valence-corrected chi connectivity index (χ0v) is 5.53. The molecule has 0 heterocycles. The third-order valence-electron chi connectivity index (χ3n) is 0.429. The molecule has 0 atom stereocenters. The maximum absolute atomic E-state index is 2.04. The van der Waals surface area contributed by atoms with Crippen LogP contribution < -0.4 is 0 Å². The first kappa shape index (κ1) is 6.83. The zero-order valence-electron chi connectivity index (χ0n) is 4.72. The monoisotopic (exact) mass is 114 g/mol. The average molecular weight is 114 g/mol. The molecular weight excluding hydrogens is 104 g/mol. The Labute approximate surface area is 49.3 Å². The lowest BCUT2D eigenvalue weighted by Crippen LogP contribution is -1.39. The maximum atomic E-state index is 2.04. The Morgan fingerprint density at radius 3 is 1.71 bits per heavy atom. The Morgan fingerprint density at radius 2 is 1.43 bits per heavy atom. The first-order valence-electron chi connectivity index (χ1n) is 2.29. The number of hydrogen-bond donors (Lipinski definition) is 0. The van der Waals surface area contributed by atoms with E-state index in [0.29, 0.717) is 0 Å². The zero-order chi connectivity index (χ0) is 5.54. The van der Waals surface area contributed by atoms with E-state index in [-0.39, 0.29) is 0 Å². The van der Waals surface area contributed by atoms with Gasteiger partial charge in [-0.1, -0.05) is 12.2 Å². The van der Waals surface area contributed by atoms with Gasteiger partial charge in [-0.25, -0.2) is 0 Å². The van der Waals surface area contributed by atoms with Gasteiger partial charge in [0, 0.05) is 0 Å². The van der Waals surface area contributed by atoms with Crippen LogP contribution in [-0.4, -0.2) is 0 Å². The van der Waals surface area contributed by atoms with Crippen LogP contribution in [0.4, 0.5) is 0 Å². The van der Waals surface area contributed by atoms with Crippen LogP contribution in [0.1, 0.15) is 13.8 Å². The van der Waals surface area contributed by atoms with Gasteiger partial charge in [0.2, 0.25) is 0 Å². The fourth-order valence-electron chi connectivity index (χ4n) is 0.202. The fourth-order valence-corrected chi connectivity index (χ4v) is 0.607. The van der Waals surface area contributed by atoms with Gasteiger partial charge in [-0.05, 0) is 24.7 Å². The van der Waals surface area contributed by atoms with Gasteiger partial charge in [0.05, 0.1) is 0 Å². The summed E-state index contributed by atoms with van der Waals surface area (Å²) in [6.07, 6.45) is 4.04. The van der Waals surface area contributed by atoms with Gasteiger partial charge in [-0.3, -0.25) is 0 Å². The number of allylic oxidation sites excluding steroid dienone is 2. The van der Waals surface area contributed by atoms with E-state index < -0.39 is 0 Å². The molecule has 0 aromatic carbocycles. The summed E-state index contributed by atoms with van der Waals surface area (Å²) in [5, 5.41) is 4.08. The van der Waals surface area contributed by atoms with Crippen molar-refractivity contribution < 1.29 is 0 Å². The highest BCUT2D eigenvalue weighted by Gasteiger charge is 1.61. The lowest BCUT2D eigenvalue weighted by Gasteiger charge is -1.73. The summed E-state index contributed by atoms with van der Waals surface area (Å²) in [5.41, 5.74) is 0. The first-order chi connectivity index (χ1) is 3.41. The molecule has 0 amide bonds. The minimum absolute atomic E-state index is 1.69. The predicted molar refractivity (Wildman–Crippen MR) is 37.2 cm³/mol. The van der Waals surface area contributed by atoms with Gasteiger partial charge < -0.3 is 0 Å². The second-order valence-electron chi connectivity index (χ2n) is 1.07. The molecule has 0 aliphatic heterocycles. The van der Waals surface area contributed by atoms with Crippen molar-refractivity contribution >= 4 is 11.8 Å². The lowest BCUT2D eigenvalue weighted by atomic mass is 10.8. The molecule has 0 rings (SSSR count). The van der Waals surface area contributed by atoms with Gasteiger partial charge in [0.1, 0.15) is 0 Å². The predicted octanol–water partition coefficient (Wildman–Crippen LogP) is 2.79. The number of thioether (sulfide) groups is 1. The van der Waals surface area contributed by atoms with Crippen molar-refractivity contribution in [3.63, 3.8) is 0 Å². The van der Waals surface area contributed by atoms with Crippen LogP contribution in [0, 0.1) is 0 Å². The van der Waals surface area contributed by atoms with Crippen molar-refractivity contribution in [2.45, 2.75) is 13.8 Å². The van der Waals surface area contributed by atoms with E-state index in [1.165, 1.54) is 0 Å². The summed E-state index contributed by atoms with van der Waals surface area (Å²) in [6, 6.07) is 0. The van der Waals surface area contributed by atoms with Crippen molar-refractivity contribution in [1.82, 2.24) is 0 Å². The van der Waals surface area contributed by atoms with E-state index >= 15 is 0 Å². The third-order valence-corrected chi connectivity index (χ3v) is 1.29. The standard InChI is InChI=1S/C6H10S/c1-3-5-7-6-4-2/h3-6H,1-2H3. The van der Waals surface area contributed by atoms with Gasteiger partial charge in [-0.2, -0.15) is 0 Å². The highest BCUT2D eigenvalue weighted by molar-refractivity contribution is 8.04. The minimum Gasteiger partial charge on any atom is -0.107 e. The van der Waals surface area contributed by atoms with Crippen molar-refractivity contribution in [3.8, 4) is 0 Å². The van der Waals surface area contributed by atoms with Crippen LogP contribution in [-0.2, 0) is 0 Å². The van der Waals surface area contributed by atoms with E-state index in [9.17, 15) is 0 Å². The average Bonchev–Trinajstić information content (AvgIpc) is 1.69. The topological polar surface area (TPSA) is 0 Å². The molecular formula is C6H10S. The van der Waals surface area contributed by atoms with E-state index in [0.717, 1.165) is 0 Å². The molecule has 0 radical (unpaired) electrons. The largest absolute Gasteiger partial charge is 0.107 e. The smallest absolute Gasteiger partial charge is 0.0291 e. The summed E-state index contributed by atoms with van der Waals surface area (Å²) >= 11 is 1.69. The van der Waals surface area contributed by atoms with Crippen LogP contribution in [0.2, 0.25) is 0 Å². The molecule has 0 aliphatic rings. The van der Waals surface area contributed by atoms with E-state index in [2.05, 4.69) is 0 Å². The van der Waals surface area contributed by atoms with Crippen LogP contribution in [0.5, 0.6) is 0 Å². The van der Waals surface area contributed by atoms with Crippen molar-refractivity contribution in [3.05, 3.63) is 23.0 Å². The molecule has 7 heavy (non-hydrogen) atoms. The highest BCUT2D eigenvalue weighted by Crippen LogP contribution is 2.01. The second kappa shape index (κ2) is 5.83. The summed E-state index contributed by atoms with van der Waals surface area (Å²) in [7, 11) is 0. The van der Waals surface area contributed by atoms with Gasteiger partial charge >= 0.3 is 0 Å². The Balaban J connectivity index is 2.98. The summed E-state index contributed by atoms with van der Waals surface area (Å²) in [6.45, 7) is 4.02. The summed E-state index contributed by atoms with van der Waals surface area (Å²) < 4.78 is 0. The quantitative estimate of drug-likeness (QED) is 0.532. The molecule has 0 N–H and O–H groups in total. The Hall–Kier alpha value is -0.170. The number of rotatable bonds is 2. The summed E-state index contributed by atoms with van der Waals surface area (Å²) in [5.74, 6) is 0. The molecule has 0 unspecified atom stereocenters. The third kappa shape index (κ3) is 5.83. The van der Waals surface area contributed by atoms with Gasteiger partial charge in [0.15, 0.2) is 0 Å². The molecule has 0 aromatic heterocycles. The Kier molecular flexibility index (Phi) is 5.69. The van der Waals surface area contributed by atoms with Crippen LogP contribution >= 0.6 is 11.8 Å². The van der Waals surface area contributed by atoms with Crippen LogP contribution in [0.15, 0.2) is 23.0 Å². The molecule has 1 heteroatoms. The molecule has 0 aromatic rings. The lowest BCUT2D eigenvalue weighted by molar-refractivity contribution is 1.78. The van der Waals surface area contributed by atoms with Crippen LogP contribution in [0.25, 0.3) is 0 Å². The molecule has 0 bridgehead atoms. The van der Waals surface area contributed by atoms with Crippen molar-refractivity contribution in [2.75, 3.05) is 0 Å². The Bertz CT molecular complexity index is 62.2. The number of hydrogen-bond acceptors (Lipinski definition) is 1. The highest BCUT2D eigenvalue weighted by atomic mass is 32.2. The van der Waals surface area contributed by atoms with Crippen molar-refractivity contribution in [1.29, 1.82) is 0 Å². The molecule has 0 saturated carbocycles. The molecule has 0 spiro atoms. The van der Waals surface area contributed by atoms with E-state index in [1.807, 2.05) is 36.8 Å². The second-order valence-corrected chi connectivity index (χ2v) is 1.89. The SMILES string of the molecule is CC=CSC=CC. The molecule has 0 nitrogen and oxygen atoms in total. The summed E-state index contributed by atoms with van der Waals surface area (Å²) in [4.78, 5) is 0. The maximum Gasteiger partial charge on any atom is -0.0291 e. The van der Waals surface area contributed by atoms with E-state index in [4.69, 9.17) is 0 Å². The first-order valence-corrected chi connectivity index (χ1v) is 3.24. The minimum atomic E-state index is 1.69. The fraction of sp³-hybridized carbons (Fsp3) is 0.333. The Morgan fingerprint density at radius 1 is 1.00 bits per heavy atom.